The second-order valence-corrected chi connectivity index (χ2v) is 2.73. The highest BCUT2D eigenvalue weighted by molar-refractivity contribution is 6.45. The van der Waals surface area contributed by atoms with Crippen molar-refractivity contribution in [1.82, 2.24) is 5.32 Å². The lowest BCUT2D eigenvalue weighted by Gasteiger charge is -2.06. The third-order valence-electron chi connectivity index (χ3n) is 1.76. The van der Waals surface area contributed by atoms with Gasteiger partial charge in [-0.3, -0.25) is 10.2 Å². The Labute approximate surface area is 81.1 Å². The Morgan fingerprint density at radius 2 is 2.21 bits per heavy atom. The molecular formula is C9H11N3O2. The molecule has 5 N–H and O–H groups in total. The fourth-order valence-electron chi connectivity index (χ4n) is 1.03. The van der Waals surface area contributed by atoms with Crippen molar-refractivity contribution in [2.75, 3.05) is 12.8 Å². The van der Waals surface area contributed by atoms with E-state index in [0.717, 1.165) is 0 Å². The zero-order valence-corrected chi connectivity index (χ0v) is 7.66. The third-order valence-corrected chi connectivity index (χ3v) is 1.76. The number of anilines is 1. The number of hydrogen-bond donors (Lipinski definition) is 4. The fourth-order valence-corrected chi connectivity index (χ4v) is 1.03. The minimum atomic E-state index is -0.512. The van der Waals surface area contributed by atoms with Gasteiger partial charge in [0, 0.05) is 24.4 Å². The average molecular weight is 193 g/mol. The summed E-state index contributed by atoms with van der Waals surface area (Å²) in [5.74, 6) is -0.502. The van der Waals surface area contributed by atoms with Gasteiger partial charge in [0.25, 0.3) is 5.91 Å². The van der Waals surface area contributed by atoms with Gasteiger partial charge in [0.1, 0.15) is 11.5 Å². The molecule has 0 aliphatic carbocycles. The number of phenolic OH excluding ortho intramolecular Hbond substituents is 1. The molecule has 1 rings (SSSR count). The molecule has 0 saturated carbocycles. The summed E-state index contributed by atoms with van der Waals surface area (Å²) in [5, 5.41) is 18.9. The van der Waals surface area contributed by atoms with Crippen molar-refractivity contribution in [3.05, 3.63) is 23.8 Å². The van der Waals surface area contributed by atoms with Crippen LogP contribution in [0.2, 0.25) is 0 Å². The summed E-state index contributed by atoms with van der Waals surface area (Å²) < 4.78 is 0. The molecule has 0 bridgehead atoms. The molecule has 0 heterocycles. The van der Waals surface area contributed by atoms with Gasteiger partial charge < -0.3 is 16.2 Å². The summed E-state index contributed by atoms with van der Waals surface area (Å²) in [5.41, 5.74) is 5.83. The van der Waals surface area contributed by atoms with Gasteiger partial charge in [0.2, 0.25) is 0 Å². The summed E-state index contributed by atoms with van der Waals surface area (Å²) in [6.07, 6.45) is 0. The van der Waals surface area contributed by atoms with E-state index in [-0.39, 0.29) is 17.1 Å². The zero-order valence-electron chi connectivity index (χ0n) is 7.66. The van der Waals surface area contributed by atoms with Gasteiger partial charge in [-0.1, -0.05) is 0 Å². The number of likely N-dealkylation sites (N-methyl/N-ethyl adjacent to an activating group) is 1. The summed E-state index contributed by atoms with van der Waals surface area (Å²) in [6, 6.07) is 4.11. The summed E-state index contributed by atoms with van der Waals surface area (Å²) in [4.78, 5) is 11.1. The number of nitrogen functional groups attached to an aromatic ring is 1. The Hall–Kier alpha value is -2.04. The van der Waals surface area contributed by atoms with Gasteiger partial charge in [-0.15, -0.1) is 0 Å². The first-order chi connectivity index (χ1) is 6.56. The SMILES string of the molecule is CNC(=O)C(=N)c1ccc(O)cc1N. The van der Waals surface area contributed by atoms with Crippen molar-refractivity contribution < 1.29 is 9.90 Å². The Balaban J connectivity index is 3.08. The molecule has 1 amide bonds. The highest BCUT2D eigenvalue weighted by Gasteiger charge is 2.12. The highest BCUT2D eigenvalue weighted by atomic mass is 16.3. The second-order valence-electron chi connectivity index (χ2n) is 2.73. The maximum absolute atomic E-state index is 11.1. The minimum absolute atomic E-state index is 0.0101. The van der Waals surface area contributed by atoms with Crippen molar-refractivity contribution in [2.24, 2.45) is 0 Å². The van der Waals surface area contributed by atoms with Crippen molar-refractivity contribution in [3.63, 3.8) is 0 Å². The van der Waals surface area contributed by atoms with Crippen molar-refractivity contribution >= 4 is 17.3 Å². The Morgan fingerprint density at radius 1 is 1.57 bits per heavy atom. The number of rotatable bonds is 2. The van der Waals surface area contributed by atoms with Crippen LogP contribution in [0.4, 0.5) is 5.69 Å². The number of amides is 1. The van der Waals surface area contributed by atoms with Crippen molar-refractivity contribution in [3.8, 4) is 5.75 Å². The first-order valence-electron chi connectivity index (χ1n) is 3.95. The standard InChI is InChI=1S/C9H11N3O2/c1-12-9(14)8(11)6-3-2-5(13)4-7(6)10/h2-4,11,13H,10H2,1H3,(H,12,14). The molecular weight excluding hydrogens is 182 g/mol. The average Bonchev–Trinajstić information content (AvgIpc) is 2.15. The van der Waals surface area contributed by atoms with Crippen LogP contribution in [0.15, 0.2) is 18.2 Å². The summed E-state index contributed by atoms with van der Waals surface area (Å²) >= 11 is 0. The van der Waals surface area contributed by atoms with Gasteiger partial charge in [-0.05, 0) is 12.1 Å². The molecule has 0 aliphatic rings. The molecule has 0 unspecified atom stereocenters. The number of nitrogens with two attached hydrogens (primary N) is 1. The number of carbonyl (C=O) groups excluding carboxylic acids is 1. The lowest BCUT2D eigenvalue weighted by atomic mass is 10.1. The fraction of sp³-hybridized carbons (Fsp3) is 0.111. The lowest BCUT2D eigenvalue weighted by Crippen LogP contribution is -2.28. The molecule has 1 aromatic rings. The van der Waals surface area contributed by atoms with E-state index in [1.165, 1.54) is 25.2 Å². The smallest absolute Gasteiger partial charge is 0.269 e. The molecule has 0 radical (unpaired) electrons. The van der Waals surface area contributed by atoms with Gasteiger partial charge >= 0.3 is 0 Å². The van der Waals surface area contributed by atoms with Crippen LogP contribution in [0.1, 0.15) is 5.56 Å². The number of carbonyl (C=O) groups is 1. The van der Waals surface area contributed by atoms with E-state index in [9.17, 15) is 4.79 Å². The molecule has 1 aromatic carbocycles. The molecule has 0 saturated heterocycles. The van der Waals surface area contributed by atoms with Crippen LogP contribution in [0.3, 0.4) is 0 Å². The Kier molecular flexibility index (Phi) is 2.71. The van der Waals surface area contributed by atoms with Gasteiger partial charge in [0.15, 0.2) is 0 Å². The van der Waals surface area contributed by atoms with Crippen LogP contribution in [0.25, 0.3) is 0 Å². The number of aromatic hydroxyl groups is 1. The van der Waals surface area contributed by atoms with Crippen LogP contribution < -0.4 is 11.1 Å². The predicted octanol–water partition coefficient (Wildman–Crippen LogP) is 0.0883. The second kappa shape index (κ2) is 3.78. The molecule has 0 spiro atoms. The molecule has 5 heteroatoms. The topological polar surface area (TPSA) is 99.2 Å². The van der Waals surface area contributed by atoms with Crippen LogP contribution in [0.5, 0.6) is 5.75 Å². The molecule has 0 fully saturated rings. The maximum atomic E-state index is 11.1. The first kappa shape index (κ1) is 10.0. The van der Waals surface area contributed by atoms with E-state index >= 15 is 0 Å². The minimum Gasteiger partial charge on any atom is -0.508 e. The molecule has 0 aliphatic heterocycles. The summed E-state index contributed by atoms with van der Waals surface area (Å²) in [7, 11) is 1.44. The van der Waals surface area contributed by atoms with Crippen LogP contribution in [-0.4, -0.2) is 23.8 Å². The number of phenols is 1. The first-order valence-corrected chi connectivity index (χ1v) is 3.95. The Morgan fingerprint density at radius 3 is 2.71 bits per heavy atom. The number of benzene rings is 1. The van der Waals surface area contributed by atoms with E-state index < -0.39 is 5.91 Å². The van der Waals surface area contributed by atoms with E-state index in [0.29, 0.717) is 5.56 Å². The Bertz CT molecular complexity index is 388. The van der Waals surface area contributed by atoms with E-state index in [4.69, 9.17) is 16.2 Å². The molecule has 0 atom stereocenters. The zero-order chi connectivity index (χ0) is 10.7. The maximum Gasteiger partial charge on any atom is 0.269 e. The molecule has 0 aromatic heterocycles. The van der Waals surface area contributed by atoms with Crippen LogP contribution in [-0.2, 0) is 4.79 Å². The van der Waals surface area contributed by atoms with Gasteiger partial charge in [-0.2, -0.15) is 0 Å². The monoisotopic (exact) mass is 193 g/mol. The van der Waals surface area contributed by atoms with Crippen molar-refractivity contribution in [2.45, 2.75) is 0 Å². The van der Waals surface area contributed by atoms with E-state index in [1.807, 2.05) is 0 Å². The highest BCUT2D eigenvalue weighted by Crippen LogP contribution is 2.18. The number of nitrogens with one attached hydrogen (secondary N) is 2. The quantitative estimate of drug-likeness (QED) is 0.395. The lowest BCUT2D eigenvalue weighted by molar-refractivity contribution is -0.114. The molecule has 14 heavy (non-hydrogen) atoms. The molecule has 74 valence electrons. The summed E-state index contributed by atoms with van der Waals surface area (Å²) in [6.45, 7) is 0. The largest absolute Gasteiger partial charge is 0.508 e. The third kappa shape index (κ3) is 1.82. The van der Waals surface area contributed by atoms with Gasteiger partial charge in [0.05, 0.1) is 0 Å². The van der Waals surface area contributed by atoms with Crippen molar-refractivity contribution in [1.29, 1.82) is 5.41 Å². The predicted molar refractivity (Wildman–Crippen MR) is 53.4 cm³/mol. The van der Waals surface area contributed by atoms with E-state index in [1.54, 1.807) is 0 Å². The molecule has 5 nitrogen and oxygen atoms in total. The van der Waals surface area contributed by atoms with Crippen LogP contribution in [0, 0.1) is 5.41 Å². The van der Waals surface area contributed by atoms with E-state index in [2.05, 4.69) is 5.32 Å². The number of hydrogen-bond acceptors (Lipinski definition) is 4. The van der Waals surface area contributed by atoms with Crippen LogP contribution >= 0.6 is 0 Å². The normalized spacial score (nSPS) is 9.50. The van der Waals surface area contributed by atoms with Gasteiger partial charge in [-0.25, -0.2) is 0 Å².